The molecule has 174 valence electrons. The van der Waals surface area contributed by atoms with Gasteiger partial charge in [0.25, 0.3) is 5.91 Å². The van der Waals surface area contributed by atoms with Crippen LogP contribution in [0.15, 0.2) is 84.9 Å². The van der Waals surface area contributed by atoms with E-state index in [1.165, 1.54) is 0 Å². The molecule has 0 spiro atoms. The van der Waals surface area contributed by atoms with E-state index in [2.05, 4.69) is 10.6 Å². The zero-order chi connectivity index (χ0) is 24.0. The van der Waals surface area contributed by atoms with E-state index < -0.39 is 23.4 Å². The molecule has 4 amide bonds. The summed E-state index contributed by atoms with van der Waals surface area (Å²) in [6.07, 6.45) is 0.283. The Morgan fingerprint density at radius 3 is 2.38 bits per heavy atom. The first-order chi connectivity index (χ1) is 16.5. The number of carbonyl (C=O) groups is 3. The summed E-state index contributed by atoms with van der Waals surface area (Å²) in [5.41, 5.74) is 1.39. The fourth-order valence-corrected chi connectivity index (χ4v) is 4.08. The van der Waals surface area contributed by atoms with Crippen molar-refractivity contribution in [1.29, 1.82) is 0 Å². The SMILES string of the molecule is Cc1cccc(OCCNC(=O)CN2C(=O)NC(Cc3ccccc3)(c3ccccc3)C2=O)c1. The fraction of sp³-hybridized carbons (Fsp3) is 0.222. The number of carbonyl (C=O) groups excluding carboxylic acids is 3. The summed E-state index contributed by atoms with van der Waals surface area (Å²) in [7, 11) is 0. The Kier molecular flexibility index (Phi) is 6.92. The van der Waals surface area contributed by atoms with E-state index in [-0.39, 0.29) is 26.1 Å². The number of aryl methyl sites for hydroxylation is 1. The van der Waals surface area contributed by atoms with Crippen molar-refractivity contribution in [1.82, 2.24) is 15.5 Å². The third kappa shape index (κ3) is 5.09. The Morgan fingerprint density at radius 1 is 0.971 bits per heavy atom. The molecule has 0 bridgehead atoms. The first-order valence-corrected chi connectivity index (χ1v) is 11.2. The predicted octanol–water partition coefficient (Wildman–Crippen LogP) is 3.18. The molecule has 0 aliphatic carbocycles. The maximum atomic E-state index is 13.6. The van der Waals surface area contributed by atoms with Gasteiger partial charge in [0.2, 0.25) is 5.91 Å². The van der Waals surface area contributed by atoms with Crippen molar-refractivity contribution in [2.24, 2.45) is 0 Å². The van der Waals surface area contributed by atoms with Gasteiger partial charge in [0.1, 0.15) is 18.9 Å². The summed E-state index contributed by atoms with van der Waals surface area (Å²) in [5.74, 6) is -0.157. The molecule has 3 aromatic rings. The molecule has 7 nitrogen and oxygen atoms in total. The molecular formula is C27H27N3O4. The highest BCUT2D eigenvalue weighted by molar-refractivity contribution is 6.09. The van der Waals surface area contributed by atoms with Gasteiger partial charge in [0.15, 0.2) is 5.54 Å². The van der Waals surface area contributed by atoms with Gasteiger partial charge in [0.05, 0.1) is 6.54 Å². The summed E-state index contributed by atoms with van der Waals surface area (Å²) in [4.78, 5) is 39.9. The van der Waals surface area contributed by atoms with Gasteiger partial charge >= 0.3 is 6.03 Å². The van der Waals surface area contributed by atoms with Crippen LogP contribution in [0, 0.1) is 6.92 Å². The number of imide groups is 1. The topological polar surface area (TPSA) is 87.7 Å². The number of hydrogen-bond acceptors (Lipinski definition) is 4. The standard InChI is InChI=1S/C27H27N3O4/c1-20-9-8-14-23(17-20)34-16-15-28-24(31)19-30-25(32)27(29-26(30)33,22-12-6-3-7-13-22)18-21-10-4-2-5-11-21/h2-14,17H,15-16,18-19H2,1H3,(H,28,31)(H,29,33). The second-order valence-electron chi connectivity index (χ2n) is 8.27. The third-order valence-electron chi connectivity index (χ3n) is 5.74. The van der Waals surface area contributed by atoms with Crippen molar-refractivity contribution in [3.05, 3.63) is 102 Å². The van der Waals surface area contributed by atoms with Crippen LogP contribution in [0.1, 0.15) is 16.7 Å². The highest BCUT2D eigenvalue weighted by Crippen LogP contribution is 2.32. The van der Waals surface area contributed by atoms with Crippen LogP contribution in [0.2, 0.25) is 0 Å². The van der Waals surface area contributed by atoms with E-state index in [1.807, 2.05) is 91.9 Å². The summed E-state index contributed by atoms with van der Waals surface area (Å²) >= 11 is 0. The average Bonchev–Trinajstić information content (AvgIpc) is 3.08. The number of ether oxygens (including phenoxy) is 1. The zero-order valence-corrected chi connectivity index (χ0v) is 19.0. The maximum absolute atomic E-state index is 13.6. The summed E-state index contributed by atoms with van der Waals surface area (Å²) in [5, 5.41) is 5.58. The monoisotopic (exact) mass is 457 g/mol. The zero-order valence-electron chi connectivity index (χ0n) is 19.0. The molecule has 1 saturated heterocycles. The van der Waals surface area contributed by atoms with Crippen molar-refractivity contribution in [2.75, 3.05) is 19.7 Å². The van der Waals surface area contributed by atoms with Crippen molar-refractivity contribution >= 4 is 17.8 Å². The van der Waals surface area contributed by atoms with Crippen LogP contribution in [0.25, 0.3) is 0 Å². The Bertz CT molecular complexity index is 1170. The van der Waals surface area contributed by atoms with Crippen LogP contribution in [0.3, 0.4) is 0 Å². The van der Waals surface area contributed by atoms with Crippen LogP contribution in [-0.2, 0) is 21.5 Å². The van der Waals surface area contributed by atoms with E-state index in [1.54, 1.807) is 0 Å². The number of nitrogens with one attached hydrogen (secondary N) is 2. The van der Waals surface area contributed by atoms with Gasteiger partial charge < -0.3 is 15.4 Å². The van der Waals surface area contributed by atoms with Crippen LogP contribution >= 0.6 is 0 Å². The van der Waals surface area contributed by atoms with Crippen molar-refractivity contribution in [3.63, 3.8) is 0 Å². The molecule has 7 heteroatoms. The summed E-state index contributed by atoms with van der Waals surface area (Å²) in [6, 6.07) is 25.7. The molecule has 1 aliphatic rings. The Hall–Kier alpha value is -4.13. The fourth-order valence-electron chi connectivity index (χ4n) is 4.08. The number of amides is 4. The highest BCUT2D eigenvalue weighted by Gasteiger charge is 2.52. The molecule has 1 unspecified atom stereocenters. The summed E-state index contributed by atoms with van der Waals surface area (Å²) < 4.78 is 5.63. The Balaban J connectivity index is 1.42. The molecule has 0 saturated carbocycles. The van der Waals surface area contributed by atoms with Crippen LogP contribution < -0.4 is 15.4 Å². The molecule has 3 aromatic carbocycles. The highest BCUT2D eigenvalue weighted by atomic mass is 16.5. The van der Waals surface area contributed by atoms with Crippen molar-refractivity contribution in [2.45, 2.75) is 18.9 Å². The molecule has 2 N–H and O–H groups in total. The normalized spacial score (nSPS) is 17.4. The second-order valence-corrected chi connectivity index (χ2v) is 8.27. The van der Waals surface area contributed by atoms with Gasteiger partial charge in [-0.2, -0.15) is 0 Å². The number of benzene rings is 3. The van der Waals surface area contributed by atoms with E-state index in [4.69, 9.17) is 4.74 Å². The molecule has 4 rings (SSSR count). The number of rotatable bonds is 9. The largest absolute Gasteiger partial charge is 0.492 e. The molecule has 34 heavy (non-hydrogen) atoms. The number of urea groups is 1. The second kappa shape index (κ2) is 10.2. The lowest BCUT2D eigenvalue weighted by atomic mass is 9.83. The van der Waals surface area contributed by atoms with Crippen molar-refractivity contribution in [3.8, 4) is 5.75 Å². The maximum Gasteiger partial charge on any atom is 0.325 e. The van der Waals surface area contributed by atoms with Gasteiger partial charge in [-0.05, 0) is 35.7 Å². The van der Waals surface area contributed by atoms with E-state index in [9.17, 15) is 14.4 Å². The smallest absolute Gasteiger partial charge is 0.325 e. The quantitative estimate of drug-likeness (QED) is 0.382. The molecule has 1 fully saturated rings. The minimum absolute atomic E-state index is 0.254. The van der Waals surface area contributed by atoms with Crippen LogP contribution in [-0.4, -0.2) is 42.4 Å². The molecule has 0 radical (unpaired) electrons. The van der Waals surface area contributed by atoms with Gasteiger partial charge in [0, 0.05) is 6.42 Å². The first-order valence-electron chi connectivity index (χ1n) is 11.2. The summed E-state index contributed by atoms with van der Waals surface area (Å²) in [6.45, 7) is 2.14. The molecule has 1 heterocycles. The minimum atomic E-state index is -1.27. The number of nitrogens with zero attached hydrogens (tertiary/aromatic N) is 1. The Labute approximate surface area is 198 Å². The van der Waals surface area contributed by atoms with Gasteiger partial charge in [-0.3, -0.25) is 14.5 Å². The van der Waals surface area contributed by atoms with E-state index >= 15 is 0 Å². The van der Waals surface area contributed by atoms with Gasteiger partial charge in [-0.1, -0.05) is 72.8 Å². The molecule has 1 atom stereocenters. The Morgan fingerprint density at radius 2 is 1.68 bits per heavy atom. The lowest BCUT2D eigenvalue weighted by Crippen LogP contribution is -2.47. The van der Waals surface area contributed by atoms with E-state index in [0.29, 0.717) is 5.56 Å². The average molecular weight is 458 g/mol. The van der Waals surface area contributed by atoms with E-state index in [0.717, 1.165) is 21.8 Å². The lowest BCUT2D eigenvalue weighted by Gasteiger charge is -2.27. The molecule has 0 aromatic heterocycles. The first kappa shape index (κ1) is 23.0. The lowest BCUT2D eigenvalue weighted by molar-refractivity contribution is -0.135. The third-order valence-corrected chi connectivity index (χ3v) is 5.74. The van der Waals surface area contributed by atoms with Gasteiger partial charge in [-0.25, -0.2) is 4.79 Å². The van der Waals surface area contributed by atoms with Gasteiger partial charge in [-0.15, -0.1) is 0 Å². The predicted molar refractivity (Wildman–Crippen MR) is 128 cm³/mol. The number of hydrogen-bond donors (Lipinski definition) is 2. The van der Waals surface area contributed by atoms with Crippen LogP contribution in [0.5, 0.6) is 5.75 Å². The van der Waals surface area contributed by atoms with Crippen LogP contribution in [0.4, 0.5) is 4.79 Å². The minimum Gasteiger partial charge on any atom is -0.492 e. The molecule has 1 aliphatic heterocycles. The molecular weight excluding hydrogens is 430 g/mol. The van der Waals surface area contributed by atoms with Crippen molar-refractivity contribution < 1.29 is 19.1 Å².